The van der Waals surface area contributed by atoms with E-state index in [1.54, 1.807) is 12.2 Å². The van der Waals surface area contributed by atoms with Crippen LogP contribution in [-0.2, 0) is 10.0 Å². The van der Waals surface area contributed by atoms with Gasteiger partial charge in [0.25, 0.3) is 0 Å². The highest BCUT2D eigenvalue weighted by Crippen LogP contribution is 2.15. The summed E-state index contributed by atoms with van der Waals surface area (Å²) < 4.78 is 25.0. The normalized spacial score (nSPS) is 17.7. The Morgan fingerprint density at radius 1 is 1.38 bits per heavy atom. The summed E-state index contributed by atoms with van der Waals surface area (Å²) in [5.41, 5.74) is 1.06. The van der Waals surface area contributed by atoms with Crippen LogP contribution in [0.25, 0.3) is 0 Å². The first kappa shape index (κ1) is 10.2. The molecule has 3 nitrogen and oxygen atoms in total. The maximum Gasteiger partial charge on any atom is 0.236 e. The van der Waals surface area contributed by atoms with Crippen molar-refractivity contribution < 1.29 is 8.42 Å². The van der Waals surface area contributed by atoms with Gasteiger partial charge in [0.15, 0.2) is 0 Å². The van der Waals surface area contributed by atoms with Crippen LogP contribution in [0.1, 0.15) is 13.3 Å². The molecular weight excluding hydrogens is 186 g/mol. The summed E-state index contributed by atoms with van der Waals surface area (Å²) in [6.45, 7) is 1.93. The minimum Gasteiger partial charge on any atom is -0.215 e. The maximum atomic E-state index is 11.4. The third kappa shape index (κ3) is 2.54. The van der Waals surface area contributed by atoms with E-state index in [9.17, 15) is 8.42 Å². The predicted molar refractivity (Wildman–Crippen MR) is 53.6 cm³/mol. The van der Waals surface area contributed by atoms with Gasteiger partial charge in [0, 0.05) is 6.42 Å². The molecule has 0 amide bonds. The lowest BCUT2D eigenvalue weighted by molar-refractivity contribution is 0.593. The molecule has 1 aliphatic carbocycles. The van der Waals surface area contributed by atoms with E-state index in [1.165, 1.54) is 7.05 Å². The molecule has 0 aromatic heterocycles. The van der Waals surface area contributed by atoms with Crippen LogP contribution in [0, 0.1) is 0 Å². The minimum atomic E-state index is -3.25. The van der Waals surface area contributed by atoms with Crippen molar-refractivity contribution in [2.24, 2.45) is 0 Å². The van der Waals surface area contributed by atoms with Gasteiger partial charge in [0.2, 0.25) is 10.0 Å². The largest absolute Gasteiger partial charge is 0.236 e. The van der Waals surface area contributed by atoms with E-state index in [0.717, 1.165) is 5.57 Å². The number of hydrogen-bond acceptors (Lipinski definition) is 2. The van der Waals surface area contributed by atoms with Crippen molar-refractivity contribution in [3.63, 3.8) is 0 Å². The second-order valence-corrected chi connectivity index (χ2v) is 4.80. The highest BCUT2D eigenvalue weighted by molar-refractivity contribution is 7.93. The van der Waals surface area contributed by atoms with E-state index in [2.05, 4.69) is 4.72 Å². The van der Waals surface area contributed by atoms with Crippen molar-refractivity contribution in [3.8, 4) is 0 Å². The summed E-state index contributed by atoms with van der Waals surface area (Å²) in [6, 6.07) is 0. The molecule has 0 fully saturated rings. The summed E-state index contributed by atoms with van der Waals surface area (Å²) in [5.74, 6) is 0. The van der Waals surface area contributed by atoms with Crippen molar-refractivity contribution in [1.29, 1.82) is 0 Å². The minimum absolute atomic E-state index is 0.406. The molecular formula is C9H13NO2S. The quantitative estimate of drug-likeness (QED) is 0.729. The van der Waals surface area contributed by atoms with Crippen molar-refractivity contribution in [2.45, 2.75) is 13.3 Å². The Morgan fingerprint density at radius 3 is 2.69 bits per heavy atom. The zero-order valence-corrected chi connectivity index (χ0v) is 8.56. The molecule has 0 aromatic rings. The van der Waals surface area contributed by atoms with Gasteiger partial charge in [-0.25, -0.2) is 13.1 Å². The van der Waals surface area contributed by atoms with Crippen LogP contribution in [0.3, 0.4) is 0 Å². The van der Waals surface area contributed by atoms with Crippen molar-refractivity contribution in [2.75, 3.05) is 7.05 Å². The SMILES string of the molecule is CNS(=O)(=O)C1=CC=C(C)C=CC1. The smallest absolute Gasteiger partial charge is 0.215 e. The molecule has 1 N–H and O–H groups in total. The number of allylic oxidation sites excluding steroid dienone is 6. The number of rotatable bonds is 2. The van der Waals surface area contributed by atoms with Crippen molar-refractivity contribution in [1.82, 2.24) is 4.72 Å². The van der Waals surface area contributed by atoms with Gasteiger partial charge in [-0.1, -0.05) is 23.8 Å². The van der Waals surface area contributed by atoms with E-state index < -0.39 is 10.0 Å². The molecule has 4 heteroatoms. The van der Waals surface area contributed by atoms with Crippen LogP contribution >= 0.6 is 0 Å². The summed E-state index contributed by atoms with van der Waals surface area (Å²) in [4.78, 5) is 0.406. The van der Waals surface area contributed by atoms with Crippen molar-refractivity contribution >= 4 is 10.0 Å². The molecule has 0 spiro atoms. The Bertz CT molecular complexity index is 374. The molecule has 0 aliphatic heterocycles. The molecule has 13 heavy (non-hydrogen) atoms. The van der Waals surface area contributed by atoms with Gasteiger partial charge in [0.1, 0.15) is 0 Å². The molecule has 0 unspecified atom stereocenters. The zero-order chi connectivity index (χ0) is 9.90. The lowest BCUT2D eigenvalue weighted by atomic mass is 10.3. The van der Waals surface area contributed by atoms with Gasteiger partial charge in [-0.05, 0) is 20.0 Å². The van der Waals surface area contributed by atoms with E-state index in [-0.39, 0.29) is 0 Å². The first-order chi connectivity index (χ1) is 6.06. The number of nitrogens with one attached hydrogen (secondary N) is 1. The summed E-state index contributed by atoms with van der Waals surface area (Å²) in [5, 5.41) is 0. The topological polar surface area (TPSA) is 46.2 Å². The van der Waals surface area contributed by atoms with Gasteiger partial charge in [-0.2, -0.15) is 0 Å². The highest BCUT2D eigenvalue weighted by atomic mass is 32.2. The molecule has 0 heterocycles. The van der Waals surface area contributed by atoms with Crippen LogP contribution in [0.2, 0.25) is 0 Å². The standard InChI is InChI=1S/C9H13NO2S/c1-8-4-3-5-9(7-6-8)13(11,12)10-2/h3-4,6-7,10H,5H2,1-2H3. The second-order valence-electron chi connectivity index (χ2n) is 2.86. The lowest BCUT2D eigenvalue weighted by Crippen LogP contribution is -2.20. The third-order valence-electron chi connectivity index (χ3n) is 1.85. The Kier molecular flexibility index (Phi) is 3.06. The summed E-state index contributed by atoms with van der Waals surface area (Å²) in [6.07, 6.45) is 7.65. The van der Waals surface area contributed by atoms with Gasteiger partial charge >= 0.3 is 0 Å². The zero-order valence-electron chi connectivity index (χ0n) is 7.74. The van der Waals surface area contributed by atoms with E-state index >= 15 is 0 Å². The van der Waals surface area contributed by atoms with Crippen LogP contribution in [-0.4, -0.2) is 15.5 Å². The molecule has 0 saturated carbocycles. The monoisotopic (exact) mass is 199 g/mol. The van der Waals surface area contributed by atoms with Crippen LogP contribution < -0.4 is 4.72 Å². The van der Waals surface area contributed by atoms with Crippen LogP contribution in [0.4, 0.5) is 0 Å². The fraction of sp³-hybridized carbons (Fsp3) is 0.333. The summed E-state index contributed by atoms with van der Waals surface area (Å²) >= 11 is 0. The maximum absolute atomic E-state index is 11.4. The van der Waals surface area contributed by atoms with E-state index in [4.69, 9.17) is 0 Å². The molecule has 0 aromatic carbocycles. The van der Waals surface area contributed by atoms with Gasteiger partial charge < -0.3 is 0 Å². The van der Waals surface area contributed by atoms with Crippen LogP contribution in [0.5, 0.6) is 0 Å². The second kappa shape index (κ2) is 3.89. The van der Waals surface area contributed by atoms with Crippen molar-refractivity contribution in [3.05, 3.63) is 34.8 Å². The Labute approximate surface area is 78.9 Å². The molecule has 1 aliphatic rings. The fourth-order valence-electron chi connectivity index (χ4n) is 1.04. The molecule has 1 rings (SSSR count). The van der Waals surface area contributed by atoms with E-state index in [0.29, 0.717) is 11.3 Å². The lowest BCUT2D eigenvalue weighted by Gasteiger charge is -2.02. The third-order valence-corrected chi connectivity index (χ3v) is 3.38. The number of sulfonamides is 1. The predicted octanol–water partition coefficient (Wildman–Crippen LogP) is 1.33. The first-order valence-electron chi connectivity index (χ1n) is 4.04. The van der Waals surface area contributed by atoms with Crippen LogP contribution in [0.15, 0.2) is 34.8 Å². The highest BCUT2D eigenvalue weighted by Gasteiger charge is 2.13. The Hall–Kier alpha value is -0.870. The summed E-state index contributed by atoms with van der Waals surface area (Å²) in [7, 11) is -1.83. The average Bonchev–Trinajstić information content (AvgIpc) is 2.30. The molecule has 0 radical (unpaired) electrons. The fourth-order valence-corrected chi connectivity index (χ4v) is 1.86. The van der Waals surface area contributed by atoms with E-state index in [1.807, 2.05) is 19.1 Å². The molecule has 0 atom stereocenters. The average molecular weight is 199 g/mol. The van der Waals surface area contributed by atoms with Gasteiger partial charge in [-0.15, -0.1) is 0 Å². The molecule has 0 saturated heterocycles. The Morgan fingerprint density at radius 2 is 2.08 bits per heavy atom. The molecule has 0 bridgehead atoms. The first-order valence-corrected chi connectivity index (χ1v) is 5.52. The number of hydrogen-bond donors (Lipinski definition) is 1. The van der Waals surface area contributed by atoms with Gasteiger partial charge in [-0.3, -0.25) is 0 Å². The molecule has 72 valence electrons. The Balaban J connectivity index is 3.03. The van der Waals surface area contributed by atoms with Gasteiger partial charge in [0.05, 0.1) is 4.91 Å².